The lowest BCUT2D eigenvalue weighted by molar-refractivity contribution is -0.124. The van der Waals surface area contributed by atoms with Gasteiger partial charge in [-0.05, 0) is 49.8 Å². The number of hydrogen-bond acceptors (Lipinski definition) is 3. The molecule has 146 valence electrons. The SMILES string of the molecule is CC(C)C[C@@H](C=CC(=O)N1CCc2ccccc21)NC(=O)[C@@H]1CCCCN1. The van der Waals surface area contributed by atoms with Crippen LogP contribution in [0.25, 0.3) is 0 Å². The van der Waals surface area contributed by atoms with Crippen LogP contribution in [0.5, 0.6) is 0 Å². The number of nitrogens with one attached hydrogen (secondary N) is 2. The van der Waals surface area contributed by atoms with Crippen LogP contribution in [0.3, 0.4) is 0 Å². The summed E-state index contributed by atoms with van der Waals surface area (Å²) in [7, 11) is 0. The topological polar surface area (TPSA) is 61.4 Å². The third-order valence-electron chi connectivity index (χ3n) is 5.30. The first-order valence-corrected chi connectivity index (χ1v) is 10.2. The molecule has 5 nitrogen and oxygen atoms in total. The van der Waals surface area contributed by atoms with E-state index in [0.717, 1.165) is 50.9 Å². The first-order chi connectivity index (χ1) is 13.0. The molecule has 0 aliphatic carbocycles. The van der Waals surface area contributed by atoms with Crippen LogP contribution in [0, 0.1) is 5.92 Å². The zero-order valence-corrected chi connectivity index (χ0v) is 16.4. The summed E-state index contributed by atoms with van der Waals surface area (Å²) in [5.41, 5.74) is 2.22. The Balaban J connectivity index is 1.63. The van der Waals surface area contributed by atoms with Gasteiger partial charge in [0.2, 0.25) is 5.91 Å². The normalized spacial score (nSPS) is 20.7. The Hall–Kier alpha value is -2.14. The third kappa shape index (κ3) is 5.19. The molecular weight excluding hydrogens is 338 g/mol. The van der Waals surface area contributed by atoms with E-state index in [0.29, 0.717) is 5.92 Å². The fourth-order valence-electron chi connectivity index (χ4n) is 3.91. The minimum atomic E-state index is -0.122. The number of benzene rings is 1. The molecule has 2 heterocycles. The highest BCUT2D eigenvalue weighted by Crippen LogP contribution is 2.27. The molecule has 3 rings (SSSR count). The van der Waals surface area contributed by atoms with Crippen molar-refractivity contribution >= 4 is 17.5 Å². The Labute approximate surface area is 162 Å². The van der Waals surface area contributed by atoms with Crippen LogP contribution in [0.1, 0.15) is 45.1 Å². The molecule has 2 atom stereocenters. The maximum absolute atomic E-state index is 12.7. The average Bonchev–Trinajstić information content (AvgIpc) is 3.10. The highest BCUT2D eigenvalue weighted by atomic mass is 16.2. The van der Waals surface area contributed by atoms with Crippen molar-refractivity contribution in [2.45, 2.75) is 58.0 Å². The predicted molar refractivity (Wildman–Crippen MR) is 109 cm³/mol. The number of hydrogen-bond donors (Lipinski definition) is 2. The van der Waals surface area contributed by atoms with Crippen LogP contribution in [0.4, 0.5) is 5.69 Å². The van der Waals surface area contributed by atoms with Gasteiger partial charge in [0.25, 0.3) is 5.91 Å². The Morgan fingerprint density at radius 3 is 2.85 bits per heavy atom. The summed E-state index contributed by atoms with van der Waals surface area (Å²) >= 11 is 0. The van der Waals surface area contributed by atoms with Crippen LogP contribution < -0.4 is 15.5 Å². The Morgan fingerprint density at radius 2 is 2.11 bits per heavy atom. The first kappa shape index (κ1) is 19.6. The maximum atomic E-state index is 12.7. The number of nitrogens with zero attached hydrogens (tertiary/aromatic N) is 1. The Morgan fingerprint density at radius 1 is 1.30 bits per heavy atom. The van der Waals surface area contributed by atoms with Crippen molar-refractivity contribution in [2.75, 3.05) is 18.0 Å². The van der Waals surface area contributed by atoms with Crippen molar-refractivity contribution in [3.05, 3.63) is 42.0 Å². The minimum Gasteiger partial charge on any atom is -0.349 e. The van der Waals surface area contributed by atoms with Gasteiger partial charge in [0, 0.05) is 24.4 Å². The van der Waals surface area contributed by atoms with Gasteiger partial charge in [-0.3, -0.25) is 9.59 Å². The second-order valence-corrected chi connectivity index (χ2v) is 7.97. The molecule has 5 heteroatoms. The van der Waals surface area contributed by atoms with Crippen molar-refractivity contribution in [1.82, 2.24) is 10.6 Å². The number of anilines is 1. The molecule has 2 N–H and O–H groups in total. The lowest BCUT2D eigenvalue weighted by Gasteiger charge is -2.25. The summed E-state index contributed by atoms with van der Waals surface area (Å²) in [4.78, 5) is 27.1. The molecule has 0 spiro atoms. The van der Waals surface area contributed by atoms with Gasteiger partial charge >= 0.3 is 0 Å². The van der Waals surface area contributed by atoms with Gasteiger partial charge in [0.05, 0.1) is 6.04 Å². The first-order valence-electron chi connectivity index (χ1n) is 10.2. The largest absolute Gasteiger partial charge is 0.349 e. The van der Waals surface area contributed by atoms with Gasteiger partial charge in [0.15, 0.2) is 0 Å². The molecule has 2 amide bonds. The van der Waals surface area contributed by atoms with Crippen LogP contribution in [-0.4, -0.2) is 37.0 Å². The van der Waals surface area contributed by atoms with Gasteiger partial charge in [-0.25, -0.2) is 0 Å². The molecule has 0 unspecified atom stereocenters. The quantitative estimate of drug-likeness (QED) is 0.758. The number of para-hydroxylation sites is 1. The third-order valence-corrected chi connectivity index (χ3v) is 5.30. The van der Waals surface area contributed by atoms with Gasteiger partial charge in [-0.2, -0.15) is 0 Å². The van der Waals surface area contributed by atoms with E-state index in [1.54, 1.807) is 6.08 Å². The summed E-state index contributed by atoms with van der Waals surface area (Å²) in [5, 5.41) is 6.41. The van der Waals surface area contributed by atoms with Gasteiger partial charge in [-0.15, -0.1) is 0 Å². The molecular formula is C22H31N3O2. The molecule has 1 aromatic carbocycles. The monoisotopic (exact) mass is 369 g/mol. The van der Waals surface area contributed by atoms with E-state index in [9.17, 15) is 9.59 Å². The van der Waals surface area contributed by atoms with Gasteiger partial charge in [0.1, 0.15) is 0 Å². The maximum Gasteiger partial charge on any atom is 0.250 e. The highest BCUT2D eigenvalue weighted by molar-refractivity contribution is 6.03. The summed E-state index contributed by atoms with van der Waals surface area (Å²) < 4.78 is 0. The molecule has 1 saturated heterocycles. The Bertz CT molecular complexity index is 693. The average molecular weight is 370 g/mol. The van der Waals surface area contributed by atoms with E-state index in [1.807, 2.05) is 29.2 Å². The minimum absolute atomic E-state index is 0.0150. The smallest absolute Gasteiger partial charge is 0.250 e. The fraction of sp³-hybridized carbons (Fsp3) is 0.545. The van der Waals surface area contributed by atoms with Crippen LogP contribution >= 0.6 is 0 Å². The van der Waals surface area contributed by atoms with Gasteiger partial charge < -0.3 is 15.5 Å². The number of fused-ring (bicyclic) bond motifs is 1. The lowest BCUT2D eigenvalue weighted by Crippen LogP contribution is -2.49. The number of piperidine rings is 1. The number of amides is 2. The van der Waals surface area contributed by atoms with E-state index < -0.39 is 0 Å². The summed E-state index contributed by atoms with van der Waals surface area (Å²) in [5.74, 6) is 0.463. The fourth-order valence-corrected chi connectivity index (χ4v) is 3.91. The van der Waals surface area contributed by atoms with E-state index in [4.69, 9.17) is 0 Å². The van der Waals surface area contributed by atoms with Crippen molar-refractivity contribution in [1.29, 1.82) is 0 Å². The summed E-state index contributed by atoms with van der Waals surface area (Å²) in [6.07, 6.45) is 8.31. The van der Waals surface area contributed by atoms with Crippen molar-refractivity contribution in [3.8, 4) is 0 Å². The van der Waals surface area contributed by atoms with E-state index in [-0.39, 0.29) is 23.9 Å². The number of carbonyl (C=O) groups excluding carboxylic acids is 2. The van der Waals surface area contributed by atoms with Crippen molar-refractivity contribution in [2.24, 2.45) is 5.92 Å². The predicted octanol–water partition coefficient (Wildman–Crippen LogP) is 2.80. The van der Waals surface area contributed by atoms with E-state index in [1.165, 1.54) is 5.56 Å². The number of rotatable bonds is 6. The van der Waals surface area contributed by atoms with Crippen LogP contribution in [0.2, 0.25) is 0 Å². The molecule has 1 aromatic rings. The molecule has 27 heavy (non-hydrogen) atoms. The molecule has 0 saturated carbocycles. The highest BCUT2D eigenvalue weighted by Gasteiger charge is 2.24. The second kappa shape index (κ2) is 9.18. The van der Waals surface area contributed by atoms with E-state index >= 15 is 0 Å². The van der Waals surface area contributed by atoms with Crippen molar-refractivity contribution < 1.29 is 9.59 Å². The Kier molecular flexibility index (Phi) is 6.67. The van der Waals surface area contributed by atoms with Crippen LogP contribution in [-0.2, 0) is 16.0 Å². The molecule has 0 radical (unpaired) electrons. The van der Waals surface area contributed by atoms with E-state index in [2.05, 4.69) is 30.5 Å². The summed E-state index contributed by atoms with van der Waals surface area (Å²) in [6.45, 7) is 5.88. The molecule has 0 aromatic heterocycles. The molecule has 2 aliphatic heterocycles. The summed E-state index contributed by atoms with van der Waals surface area (Å²) in [6, 6.07) is 7.82. The number of carbonyl (C=O) groups is 2. The molecule has 1 fully saturated rings. The zero-order valence-electron chi connectivity index (χ0n) is 16.4. The lowest BCUT2D eigenvalue weighted by atomic mass is 10.0. The second-order valence-electron chi connectivity index (χ2n) is 7.97. The molecule has 2 aliphatic rings. The zero-order chi connectivity index (χ0) is 19.2. The standard InChI is InChI=1S/C22H31N3O2/c1-16(2)15-18(24-22(27)19-8-5-6-13-23-19)10-11-21(26)25-14-12-17-7-3-4-9-20(17)25/h3-4,7,9-11,16,18-19,23H,5-6,8,12-15H2,1-2H3,(H,24,27)/t18-,19+/m1/s1. The van der Waals surface area contributed by atoms with Crippen molar-refractivity contribution in [3.63, 3.8) is 0 Å². The van der Waals surface area contributed by atoms with Crippen LogP contribution in [0.15, 0.2) is 36.4 Å². The van der Waals surface area contributed by atoms with Gasteiger partial charge in [-0.1, -0.05) is 44.5 Å². The molecule has 0 bridgehead atoms.